The maximum atomic E-state index is 5.71. The minimum absolute atomic E-state index is 0.369. The van der Waals surface area contributed by atoms with E-state index in [4.69, 9.17) is 4.74 Å². The van der Waals surface area contributed by atoms with Gasteiger partial charge in [0.05, 0.1) is 12.2 Å². The summed E-state index contributed by atoms with van der Waals surface area (Å²) in [5, 5.41) is 3.31. The first kappa shape index (κ1) is 10.7. The molecule has 2 nitrogen and oxygen atoms in total. The summed E-state index contributed by atoms with van der Waals surface area (Å²) in [6, 6.07) is 0. The van der Waals surface area contributed by atoms with Crippen molar-refractivity contribution in [3.05, 3.63) is 11.6 Å². The van der Waals surface area contributed by atoms with Crippen LogP contribution in [0.4, 0.5) is 0 Å². The highest BCUT2D eigenvalue weighted by atomic mass is 16.5. The molecule has 1 aliphatic rings. The number of likely N-dealkylation sites (N-methyl/N-ethyl adjacent to an activating group) is 1. The van der Waals surface area contributed by atoms with Gasteiger partial charge >= 0.3 is 0 Å². The first-order valence-corrected chi connectivity index (χ1v) is 5.26. The van der Waals surface area contributed by atoms with Crippen LogP contribution in [0, 0.1) is 0 Å². The van der Waals surface area contributed by atoms with Crippen LogP contribution >= 0.6 is 0 Å². The van der Waals surface area contributed by atoms with Crippen LogP contribution in [-0.2, 0) is 4.74 Å². The first-order valence-electron chi connectivity index (χ1n) is 5.26. The summed E-state index contributed by atoms with van der Waals surface area (Å²) in [7, 11) is 0. The Labute approximate surface area is 81.4 Å². The lowest BCUT2D eigenvalue weighted by Gasteiger charge is -2.08. The molecule has 13 heavy (non-hydrogen) atoms. The predicted octanol–water partition coefficient (Wildman–Crippen LogP) is 2.11. The van der Waals surface area contributed by atoms with Crippen LogP contribution in [0.15, 0.2) is 11.6 Å². The van der Waals surface area contributed by atoms with E-state index >= 15 is 0 Å². The molecule has 0 aromatic rings. The van der Waals surface area contributed by atoms with Crippen LogP contribution in [0.5, 0.6) is 0 Å². The van der Waals surface area contributed by atoms with Crippen LogP contribution in [0.3, 0.4) is 0 Å². The molecular weight excluding hydrogens is 162 g/mol. The minimum Gasteiger partial charge on any atom is -0.371 e. The third-order valence-electron chi connectivity index (χ3n) is 2.39. The van der Waals surface area contributed by atoms with E-state index < -0.39 is 0 Å². The molecule has 1 heterocycles. The average molecular weight is 183 g/mol. The topological polar surface area (TPSA) is 21.3 Å². The molecule has 1 saturated heterocycles. The van der Waals surface area contributed by atoms with Crippen LogP contribution in [-0.4, -0.2) is 25.3 Å². The van der Waals surface area contributed by atoms with E-state index in [1.54, 1.807) is 0 Å². The molecule has 0 radical (unpaired) electrons. The van der Waals surface area contributed by atoms with Gasteiger partial charge in [0.2, 0.25) is 0 Å². The molecule has 1 fully saturated rings. The van der Waals surface area contributed by atoms with Crippen molar-refractivity contribution in [2.45, 2.75) is 45.8 Å². The van der Waals surface area contributed by atoms with Gasteiger partial charge in [-0.05, 0) is 33.2 Å². The van der Waals surface area contributed by atoms with Crippen molar-refractivity contribution in [1.29, 1.82) is 0 Å². The zero-order chi connectivity index (χ0) is 9.68. The molecule has 0 spiro atoms. The van der Waals surface area contributed by atoms with Gasteiger partial charge in [0, 0.05) is 6.54 Å². The SMILES string of the molecule is CCNC/C(C)=C/C1CCC(C)O1. The van der Waals surface area contributed by atoms with E-state index in [-0.39, 0.29) is 0 Å². The lowest BCUT2D eigenvalue weighted by Crippen LogP contribution is -2.16. The van der Waals surface area contributed by atoms with Crippen molar-refractivity contribution in [2.75, 3.05) is 13.1 Å². The zero-order valence-corrected chi connectivity index (χ0v) is 8.97. The largest absolute Gasteiger partial charge is 0.371 e. The van der Waals surface area contributed by atoms with E-state index in [1.807, 2.05) is 0 Å². The van der Waals surface area contributed by atoms with Gasteiger partial charge in [0.15, 0.2) is 0 Å². The molecule has 0 bridgehead atoms. The van der Waals surface area contributed by atoms with E-state index in [9.17, 15) is 0 Å². The first-order chi connectivity index (χ1) is 6.22. The highest BCUT2D eigenvalue weighted by Gasteiger charge is 2.19. The van der Waals surface area contributed by atoms with Crippen LogP contribution < -0.4 is 5.32 Å². The third-order valence-corrected chi connectivity index (χ3v) is 2.39. The fraction of sp³-hybridized carbons (Fsp3) is 0.818. The lowest BCUT2D eigenvalue weighted by atomic mass is 10.1. The second kappa shape index (κ2) is 5.40. The van der Waals surface area contributed by atoms with Crippen molar-refractivity contribution in [3.8, 4) is 0 Å². The standard InChI is InChI=1S/C11H21NO/c1-4-12-8-9(2)7-11-6-5-10(3)13-11/h7,10-12H,4-6,8H2,1-3H3/b9-7+. The van der Waals surface area contributed by atoms with E-state index in [1.165, 1.54) is 18.4 Å². The van der Waals surface area contributed by atoms with Gasteiger partial charge in [-0.25, -0.2) is 0 Å². The number of hydrogen-bond donors (Lipinski definition) is 1. The molecule has 1 rings (SSSR count). The molecule has 2 heteroatoms. The zero-order valence-electron chi connectivity index (χ0n) is 8.97. The van der Waals surface area contributed by atoms with Crippen LogP contribution in [0.2, 0.25) is 0 Å². The summed E-state index contributed by atoms with van der Waals surface area (Å²) in [4.78, 5) is 0. The number of ether oxygens (including phenoxy) is 1. The molecule has 76 valence electrons. The summed E-state index contributed by atoms with van der Waals surface area (Å²) in [6.07, 6.45) is 5.47. The molecule has 1 N–H and O–H groups in total. The van der Waals surface area contributed by atoms with E-state index in [0.717, 1.165) is 13.1 Å². The van der Waals surface area contributed by atoms with Gasteiger partial charge in [-0.15, -0.1) is 0 Å². The fourth-order valence-corrected chi connectivity index (χ4v) is 1.65. The van der Waals surface area contributed by atoms with Crippen molar-refractivity contribution in [3.63, 3.8) is 0 Å². The predicted molar refractivity (Wildman–Crippen MR) is 55.9 cm³/mol. The van der Waals surface area contributed by atoms with Gasteiger partial charge in [-0.3, -0.25) is 0 Å². The lowest BCUT2D eigenvalue weighted by molar-refractivity contribution is 0.0828. The Kier molecular flexibility index (Phi) is 4.46. The molecular formula is C11H21NO. The summed E-state index contributed by atoms with van der Waals surface area (Å²) in [6.45, 7) is 8.46. The van der Waals surface area contributed by atoms with E-state index in [2.05, 4.69) is 32.2 Å². The van der Waals surface area contributed by atoms with Crippen LogP contribution in [0.25, 0.3) is 0 Å². The summed E-state index contributed by atoms with van der Waals surface area (Å²) >= 11 is 0. The van der Waals surface area contributed by atoms with Crippen molar-refractivity contribution in [2.24, 2.45) is 0 Å². The minimum atomic E-state index is 0.369. The summed E-state index contributed by atoms with van der Waals surface area (Å²) in [5.74, 6) is 0. The quantitative estimate of drug-likeness (QED) is 0.674. The van der Waals surface area contributed by atoms with Crippen molar-refractivity contribution < 1.29 is 4.74 Å². The number of rotatable bonds is 4. The maximum absolute atomic E-state index is 5.71. The van der Waals surface area contributed by atoms with Crippen molar-refractivity contribution in [1.82, 2.24) is 5.32 Å². The summed E-state index contributed by atoms with van der Waals surface area (Å²) in [5.41, 5.74) is 1.39. The number of hydrogen-bond acceptors (Lipinski definition) is 2. The highest BCUT2D eigenvalue weighted by molar-refractivity contribution is 5.05. The van der Waals surface area contributed by atoms with E-state index in [0.29, 0.717) is 12.2 Å². The Morgan fingerprint density at radius 2 is 2.31 bits per heavy atom. The summed E-state index contributed by atoms with van der Waals surface area (Å²) < 4.78 is 5.71. The van der Waals surface area contributed by atoms with Gasteiger partial charge in [-0.1, -0.05) is 18.6 Å². The Balaban J connectivity index is 2.28. The molecule has 1 aliphatic heterocycles. The fourth-order valence-electron chi connectivity index (χ4n) is 1.65. The highest BCUT2D eigenvalue weighted by Crippen LogP contribution is 2.20. The second-order valence-corrected chi connectivity index (χ2v) is 3.86. The monoisotopic (exact) mass is 183 g/mol. The molecule has 2 atom stereocenters. The molecule has 0 amide bonds. The average Bonchev–Trinajstić information content (AvgIpc) is 2.48. The van der Waals surface area contributed by atoms with Gasteiger partial charge in [-0.2, -0.15) is 0 Å². The van der Waals surface area contributed by atoms with Gasteiger partial charge in [0.1, 0.15) is 0 Å². The molecule has 0 aliphatic carbocycles. The smallest absolute Gasteiger partial charge is 0.0763 e. The van der Waals surface area contributed by atoms with Gasteiger partial charge < -0.3 is 10.1 Å². The second-order valence-electron chi connectivity index (χ2n) is 3.86. The third kappa shape index (κ3) is 3.92. The van der Waals surface area contributed by atoms with Crippen LogP contribution in [0.1, 0.15) is 33.6 Å². The molecule has 2 unspecified atom stereocenters. The Hall–Kier alpha value is -0.340. The maximum Gasteiger partial charge on any atom is 0.0763 e. The Bertz CT molecular complexity index is 177. The molecule has 0 saturated carbocycles. The Morgan fingerprint density at radius 3 is 2.85 bits per heavy atom. The number of nitrogens with one attached hydrogen (secondary N) is 1. The normalized spacial score (nSPS) is 29.6. The molecule has 0 aromatic heterocycles. The van der Waals surface area contributed by atoms with Crippen molar-refractivity contribution >= 4 is 0 Å². The van der Waals surface area contributed by atoms with Gasteiger partial charge in [0.25, 0.3) is 0 Å². The molecule has 0 aromatic carbocycles. The Morgan fingerprint density at radius 1 is 1.54 bits per heavy atom.